The Morgan fingerprint density at radius 2 is 2.21 bits per heavy atom. The minimum absolute atomic E-state index is 0.627. The topological polar surface area (TPSA) is 53.4 Å². The largest absolute Gasteiger partial charge is 0.480 e. The first-order chi connectivity index (χ1) is 6.72. The summed E-state index contributed by atoms with van der Waals surface area (Å²) in [5.41, 5.74) is 2.14. The van der Waals surface area contributed by atoms with E-state index in [2.05, 4.69) is 11.9 Å². The molecular weight excluding hydrogens is 177 g/mol. The molecule has 0 aliphatic heterocycles. The van der Waals surface area contributed by atoms with Crippen LogP contribution in [-0.2, 0) is 12.8 Å². The van der Waals surface area contributed by atoms with Crippen LogP contribution < -0.4 is 0 Å². The van der Waals surface area contributed by atoms with Crippen molar-refractivity contribution >= 4 is 7.12 Å². The smallest absolute Gasteiger partial charge is 0.424 e. The third-order valence-electron chi connectivity index (χ3n) is 1.93. The van der Waals surface area contributed by atoms with Crippen LogP contribution in [0.4, 0.5) is 0 Å². The zero-order chi connectivity index (χ0) is 10.4. The molecule has 0 saturated carbocycles. The lowest BCUT2D eigenvalue weighted by atomic mass is 9.91. The van der Waals surface area contributed by atoms with E-state index in [1.54, 1.807) is 6.08 Å². The van der Waals surface area contributed by atoms with Gasteiger partial charge in [-0.3, -0.25) is 4.98 Å². The van der Waals surface area contributed by atoms with Crippen molar-refractivity contribution in [1.29, 1.82) is 0 Å². The highest BCUT2D eigenvalue weighted by atomic mass is 16.4. The van der Waals surface area contributed by atoms with Crippen LogP contribution in [0.3, 0.4) is 0 Å². The van der Waals surface area contributed by atoms with Gasteiger partial charge in [-0.2, -0.15) is 0 Å². The van der Waals surface area contributed by atoms with Gasteiger partial charge in [-0.25, -0.2) is 0 Å². The summed E-state index contributed by atoms with van der Waals surface area (Å²) in [6.07, 6.45) is 5.15. The Labute approximate surface area is 84.3 Å². The second-order valence-corrected chi connectivity index (χ2v) is 3.06. The summed E-state index contributed by atoms with van der Waals surface area (Å²) < 4.78 is 0. The molecule has 3 nitrogen and oxygen atoms in total. The van der Waals surface area contributed by atoms with E-state index in [-0.39, 0.29) is 0 Å². The van der Waals surface area contributed by atoms with E-state index in [1.807, 2.05) is 18.3 Å². The lowest BCUT2D eigenvalue weighted by Crippen LogP contribution is -2.05. The van der Waals surface area contributed by atoms with Gasteiger partial charge in [0.05, 0.1) is 0 Å². The second kappa shape index (κ2) is 5.57. The summed E-state index contributed by atoms with van der Waals surface area (Å²) in [6.45, 7) is 2.08. The fourth-order valence-electron chi connectivity index (χ4n) is 1.10. The monoisotopic (exact) mass is 191 g/mol. The molecule has 2 N–H and O–H groups in total. The molecule has 0 bridgehead atoms. The van der Waals surface area contributed by atoms with E-state index in [4.69, 9.17) is 10.0 Å². The molecule has 1 aromatic rings. The summed E-state index contributed by atoms with van der Waals surface area (Å²) in [6, 6.07) is 3.98. The molecule has 74 valence electrons. The molecule has 1 heterocycles. The SMILES string of the molecule is CCc1ccc(C/C=C/B(O)O)nc1. The highest BCUT2D eigenvalue weighted by Crippen LogP contribution is 2.02. The molecule has 0 unspecified atom stereocenters. The van der Waals surface area contributed by atoms with Crippen LogP contribution in [0.15, 0.2) is 30.4 Å². The number of hydrogen-bond donors (Lipinski definition) is 2. The van der Waals surface area contributed by atoms with Crippen LogP contribution in [0.5, 0.6) is 0 Å². The van der Waals surface area contributed by atoms with Crippen LogP contribution in [0.2, 0.25) is 0 Å². The molecule has 14 heavy (non-hydrogen) atoms. The van der Waals surface area contributed by atoms with Crippen molar-refractivity contribution in [3.05, 3.63) is 41.6 Å². The fourth-order valence-corrected chi connectivity index (χ4v) is 1.10. The van der Waals surface area contributed by atoms with Gasteiger partial charge in [0.1, 0.15) is 0 Å². The standard InChI is InChI=1S/C10H14BNO2/c1-2-9-5-6-10(12-8-9)4-3-7-11(13)14/h3,5-8,13-14H,2,4H2,1H3/b7-3+. The van der Waals surface area contributed by atoms with Crippen molar-refractivity contribution < 1.29 is 10.0 Å². The van der Waals surface area contributed by atoms with Gasteiger partial charge in [-0.1, -0.05) is 25.0 Å². The van der Waals surface area contributed by atoms with Crippen LogP contribution in [0.1, 0.15) is 18.2 Å². The molecule has 0 spiro atoms. The zero-order valence-electron chi connectivity index (χ0n) is 8.22. The summed E-state index contributed by atoms with van der Waals surface area (Å²) in [4.78, 5) is 4.23. The molecule has 4 heteroatoms. The Morgan fingerprint density at radius 3 is 2.71 bits per heavy atom. The third kappa shape index (κ3) is 3.72. The first kappa shape index (κ1) is 11.0. The van der Waals surface area contributed by atoms with Gasteiger partial charge in [0.15, 0.2) is 0 Å². The van der Waals surface area contributed by atoms with Crippen molar-refractivity contribution in [3.63, 3.8) is 0 Å². The molecule has 0 aliphatic carbocycles. The predicted molar refractivity (Wildman–Crippen MR) is 56.7 cm³/mol. The van der Waals surface area contributed by atoms with Gasteiger partial charge in [0.25, 0.3) is 0 Å². The number of nitrogens with zero attached hydrogens (tertiary/aromatic N) is 1. The highest BCUT2D eigenvalue weighted by molar-refractivity contribution is 6.47. The first-order valence-electron chi connectivity index (χ1n) is 4.69. The molecular formula is C10H14BNO2. The number of hydrogen-bond acceptors (Lipinski definition) is 3. The Balaban J connectivity index is 2.52. The number of allylic oxidation sites excluding steroid dienone is 1. The number of aryl methyl sites for hydroxylation is 1. The molecule has 0 aromatic carbocycles. The van der Waals surface area contributed by atoms with Crippen molar-refractivity contribution in [2.75, 3.05) is 0 Å². The maximum absolute atomic E-state index is 8.56. The normalized spacial score (nSPS) is 10.8. The maximum atomic E-state index is 8.56. The molecule has 0 aliphatic rings. The number of rotatable bonds is 4. The lowest BCUT2D eigenvalue weighted by molar-refractivity contribution is 0.424. The maximum Gasteiger partial charge on any atom is 0.480 e. The fraction of sp³-hybridized carbons (Fsp3) is 0.300. The number of aromatic nitrogens is 1. The highest BCUT2D eigenvalue weighted by Gasteiger charge is 1.98. The van der Waals surface area contributed by atoms with E-state index in [0.29, 0.717) is 6.42 Å². The lowest BCUT2D eigenvalue weighted by Gasteiger charge is -1.98. The van der Waals surface area contributed by atoms with Crippen LogP contribution in [-0.4, -0.2) is 22.2 Å². The van der Waals surface area contributed by atoms with Gasteiger partial charge >= 0.3 is 7.12 Å². The molecule has 0 amide bonds. The van der Waals surface area contributed by atoms with Crippen LogP contribution in [0, 0.1) is 0 Å². The van der Waals surface area contributed by atoms with Crippen molar-refractivity contribution in [3.8, 4) is 0 Å². The van der Waals surface area contributed by atoms with E-state index < -0.39 is 7.12 Å². The molecule has 0 atom stereocenters. The second-order valence-electron chi connectivity index (χ2n) is 3.06. The van der Waals surface area contributed by atoms with E-state index in [9.17, 15) is 0 Å². The Kier molecular flexibility index (Phi) is 4.36. The first-order valence-corrected chi connectivity index (χ1v) is 4.69. The van der Waals surface area contributed by atoms with Crippen molar-refractivity contribution in [2.24, 2.45) is 0 Å². The van der Waals surface area contributed by atoms with E-state index >= 15 is 0 Å². The average Bonchev–Trinajstić information content (AvgIpc) is 2.18. The minimum atomic E-state index is -1.37. The van der Waals surface area contributed by atoms with Crippen LogP contribution >= 0.6 is 0 Å². The Bertz CT molecular complexity index is 295. The molecule has 1 rings (SSSR count). The predicted octanol–water partition coefficient (Wildman–Crippen LogP) is 0.755. The quantitative estimate of drug-likeness (QED) is 0.690. The minimum Gasteiger partial charge on any atom is -0.424 e. The molecule has 0 saturated heterocycles. The van der Waals surface area contributed by atoms with Gasteiger partial charge in [-0.15, -0.1) is 0 Å². The summed E-state index contributed by atoms with van der Waals surface area (Å²) in [7, 11) is -1.37. The van der Waals surface area contributed by atoms with Gasteiger partial charge in [-0.05, 0) is 18.1 Å². The summed E-state index contributed by atoms with van der Waals surface area (Å²) in [5.74, 6) is 1.33. The van der Waals surface area contributed by atoms with Crippen molar-refractivity contribution in [2.45, 2.75) is 19.8 Å². The zero-order valence-corrected chi connectivity index (χ0v) is 8.22. The van der Waals surface area contributed by atoms with Gasteiger partial charge in [0, 0.05) is 18.3 Å². The van der Waals surface area contributed by atoms with Crippen molar-refractivity contribution in [1.82, 2.24) is 4.98 Å². The Morgan fingerprint density at radius 1 is 1.43 bits per heavy atom. The van der Waals surface area contributed by atoms with Gasteiger partial charge in [0.2, 0.25) is 0 Å². The molecule has 0 radical (unpaired) electrons. The molecule has 0 fully saturated rings. The molecule has 1 aromatic heterocycles. The summed E-state index contributed by atoms with van der Waals surface area (Å²) in [5, 5.41) is 17.1. The Hall–Kier alpha value is -1.13. The third-order valence-corrected chi connectivity index (χ3v) is 1.93. The summed E-state index contributed by atoms with van der Waals surface area (Å²) >= 11 is 0. The van der Waals surface area contributed by atoms with Crippen LogP contribution in [0.25, 0.3) is 0 Å². The van der Waals surface area contributed by atoms with Gasteiger partial charge < -0.3 is 10.0 Å². The number of pyridine rings is 1. The van der Waals surface area contributed by atoms with E-state index in [1.165, 1.54) is 11.5 Å². The van der Waals surface area contributed by atoms with E-state index in [0.717, 1.165) is 12.1 Å². The average molecular weight is 191 g/mol.